The van der Waals surface area contributed by atoms with Gasteiger partial charge in [0.15, 0.2) is 0 Å². The van der Waals surface area contributed by atoms with Gasteiger partial charge in [-0.05, 0) is 0 Å². The first-order chi connectivity index (χ1) is 7.62. The van der Waals surface area contributed by atoms with Crippen molar-refractivity contribution in [2.75, 3.05) is 27.5 Å². The predicted molar refractivity (Wildman–Crippen MR) is 41.2 cm³/mol. The third-order valence-electron chi connectivity index (χ3n) is 0.854. The lowest BCUT2D eigenvalue weighted by atomic mass is 10.2. The Morgan fingerprint density at radius 2 is 2.36 bits per heavy atom. The molecule has 11 heavy (non-hydrogen) atoms. The Hall–Kier alpha value is -0.610. The number of aliphatic carboxylic acids is 1. The van der Waals surface area contributed by atoms with Gasteiger partial charge in [0.1, 0.15) is 12.6 Å². The highest BCUT2D eigenvalue weighted by molar-refractivity contribution is 5.67. The molecule has 4 heteroatoms. The first kappa shape index (κ1) is 3.41. The lowest BCUT2D eigenvalue weighted by Gasteiger charge is -2.25. The summed E-state index contributed by atoms with van der Waals surface area (Å²) in [7, 11) is 0.835. The highest BCUT2D eigenvalue weighted by Gasteiger charge is 2.17. The Morgan fingerprint density at radius 1 is 1.82 bits per heavy atom. The maximum Gasteiger partial charge on any atom is 0.306 e. The fourth-order valence-electron chi connectivity index (χ4n) is 0.595. The van der Waals surface area contributed by atoms with Crippen molar-refractivity contribution in [2.45, 2.75) is 12.5 Å². The molecule has 0 aliphatic heterocycles. The van der Waals surface area contributed by atoms with Crippen LogP contribution in [0.15, 0.2) is 0 Å². The van der Waals surface area contributed by atoms with Crippen LogP contribution in [0.1, 0.15) is 16.0 Å². The smallest absolute Gasteiger partial charge is 0.306 e. The van der Waals surface area contributed by atoms with E-state index >= 15 is 0 Å². The van der Waals surface area contributed by atoms with Crippen LogP contribution >= 0.6 is 0 Å². The molecule has 0 radical (unpaired) electrons. The molecule has 66 valence electrons. The molecule has 0 spiro atoms. The number of aliphatic hydroxyl groups is 1. The quantitative estimate of drug-likeness (QED) is 0.559. The fraction of sp³-hybridized carbons (Fsp3) is 0.857. The number of hydrogen-bond acceptors (Lipinski definition) is 2. The minimum Gasteiger partial charge on any atom is -0.481 e. The number of likely N-dealkylation sites (N-methyl/N-ethyl adjacent to an activating group) is 1. The summed E-state index contributed by atoms with van der Waals surface area (Å²) in [6.07, 6.45) is -3.74. The van der Waals surface area contributed by atoms with Crippen molar-refractivity contribution < 1.29 is 29.1 Å². The number of carbonyl (C=O) groups is 1. The van der Waals surface area contributed by atoms with Crippen molar-refractivity contribution >= 4 is 5.97 Å². The number of rotatable bonds is 4. The maximum atomic E-state index is 10.4. The van der Waals surface area contributed by atoms with Crippen LogP contribution in [0.25, 0.3) is 0 Å². The second kappa shape index (κ2) is 3.69. The molecular formula is C7H16NO3+. The van der Waals surface area contributed by atoms with Crippen LogP contribution in [0.2, 0.25) is 0 Å². The van der Waals surface area contributed by atoms with E-state index in [4.69, 9.17) is 14.7 Å². The molecule has 0 heterocycles. The topological polar surface area (TPSA) is 57.5 Å². The van der Waals surface area contributed by atoms with Crippen molar-refractivity contribution in [2.24, 2.45) is 0 Å². The number of quaternary nitrogens is 1. The molecule has 0 unspecified atom stereocenters. The molecule has 0 aromatic carbocycles. The molecule has 0 aliphatic carbocycles. The van der Waals surface area contributed by atoms with Gasteiger partial charge in [-0.1, -0.05) is 0 Å². The fourth-order valence-corrected chi connectivity index (χ4v) is 0.595. The molecular weight excluding hydrogens is 146 g/mol. The van der Waals surface area contributed by atoms with E-state index in [1.54, 1.807) is 0 Å². The monoisotopic (exact) mass is 169 g/mol. The van der Waals surface area contributed by atoms with Crippen LogP contribution in [0.4, 0.5) is 0 Å². The number of nitrogens with zero attached hydrogens (tertiary/aromatic N) is 1. The predicted octanol–water partition coefficient (Wildman–Crippen LogP) is -0.472. The van der Waals surface area contributed by atoms with Crippen molar-refractivity contribution in [1.82, 2.24) is 0 Å². The largest absolute Gasteiger partial charge is 0.481 e. The van der Waals surface area contributed by atoms with Gasteiger partial charge in [0, 0.05) is 0 Å². The summed E-state index contributed by atoms with van der Waals surface area (Å²) in [4.78, 5) is 10.4. The SMILES string of the molecule is [2H]C([2H])([2H])[N+](C)(C[C@@]([2H])(O)CC(=O)O)C([2H])([2H])[2H]. The Balaban J connectivity index is 5.35. The summed E-state index contributed by atoms with van der Waals surface area (Å²) in [5, 5.41) is 18.0. The number of carboxylic acids is 1. The van der Waals surface area contributed by atoms with E-state index in [0.717, 1.165) is 7.05 Å². The molecule has 0 bridgehead atoms. The summed E-state index contributed by atoms with van der Waals surface area (Å²) in [5.74, 6) is -1.52. The average Bonchev–Trinajstić information content (AvgIpc) is 1.94. The molecule has 0 rings (SSSR count). The summed E-state index contributed by atoms with van der Waals surface area (Å²) in [6, 6.07) is 0. The van der Waals surface area contributed by atoms with Gasteiger partial charge in [0.25, 0.3) is 0 Å². The molecule has 0 aromatic rings. The normalized spacial score (nSPS) is 29.1. The van der Waals surface area contributed by atoms with Gasteiger partial charge in [-0.15, -0.1) is 0 Å². The Labute approximate surface area is 76.5 Å². The molecule has 0 saturated carbocycles. The molecule has 0 aliphatic rings. The standard InChI is InChI=1S/C7H15NO3/c1-8(2,3)5-6(9)4-7(10)11/h6,9H,4-5H2,1-3H3/p+1/t6-/m0/s1/i1D3,2D3,6D. The first-order valence-electron chi connectivity index (χ1n) is 6.42. The van der Waals surface area contributed by atoms with Gasteiger partial charge < -0.3 is 14.7 Å². The summed E-state index contributed by atoms with van der Waals surface area (Å²) in [6.45, 7) is -7.08. The van der Waals surface area contributed by atoms with E-state index in [2.05, 4.69) is 0 Å². The minimum absolute atomic E-state index is 0.835. The van der Waals surface area contributed by atoms with E-state index in [1.807, 2.05) is 0 Å². The lowest BCUT2D eigenvalue weighted by Crippen LogP contribution is -2.42. The molecule has 0 saturated heterocycles. The summed E-state index contributed by atoms with van der Waals surface area (Å²) >= 11 is 0. The van der Waals surface area contributed by atoms with Crippen LogP contribution in [-0.2, 0) is 4.79 Å². The van der Waals surface area contributed by atoms with E-state index in [-0.39, 0.29) is 0 Å². The zero-order valence-corrected chi connectivity index (χ0v) is 6.16. The van der Waals surface area contributed by atoms with Gasteiger partial charge >= 0.3 is 5.97 Å². The van der Waals surface area contributed by atoms with Gasteiger partial charge in [-0.25, -0.2) is 0 Å². The molecule has 4 nitrogen and oxygen atoms in total. The van der Waals surface area contributed by atoms with E-state index < -0.39 is 43.4 Å². The molecule has 2 N–H and O–H groups in total. The highest BCUT2D eigenvalue weighted by Crippen LogP contribution is 1.98. The average molecular weight is 169 g/mol. The Kier molecular flexibility index (Phi) is 1.14. The first-order valence-corrected chi connectivity index (χ1v) is 2.92. The third-order valence-corrected chi connectivity index (χ3v) is 0.854. The second-order valence-corrected chi connectivity index (χ2v) is 2.49. The second-order valence-electron chi connectivity index (χ2n) is 2.49. The molecule has 0 fully saturated rings. The molecule has 0 aromatic heterocycles. The van der Waals surface area contributed by atoms with Crippen LogP contribution in [0.5, 0.6) is 0 Å². The van der Waals surface area contributed by atoms with E-state index in [1.165, 1.54) is 0 Å². The Bertz CT molecular complexity index is 308. The van der Waals surface area contributed by atoms with E-state index in [0.29, 0.717) is 0 Å². The third kappa shape index (κ3) is 7.29. The van der Waals surface area contributed by atoms with Crippen molar-refractivity contribution in [3.8, 4) is 0 Å². The minimum atomic E-state index is -3.02. The van der Waals surface area contributed by atoms with Gasteiger partial charge in [-0.3, -0.25) is 4.79 Å². The van der Waals surface area contributed by atoms with Crippen LogP contribution < -0.4 is 0 Å². The van der Waals surface area contributed by atoms with Crippen LogP contribution in [-0.4, -0.2) is 54.3 Å². The number of hydrogen-bond donors (Lipinski definition) is 2. The van der Waals surface area contributed by atoms with Gasteiger partial charge in [0.2, 0.25) is 0 Å². The number of carboxylic acid groups (broad SMARTS) is 1. The zero-order chi connectivity index (χ0) is 15.0. The molecule has 0 amide bonds. The summed E-state index contributed by atoms with van der Waals surface area (Å²) in [5.41, 5.74) is 0. The van der Waals surface area contributed by atoms with Crippen LogP contribution in [0.3, 0.4) is 0 Å². The molecule has 1 atom stereocenters. The van der Waals surface area contributed by atoms with Crippen LogP contribution in [0, 0.1) is 0 Å². The zero-order valence-electron chi connectivity index (χ0n) is 13.2. The van der Waals surface area contributed by atoms with Gasteiger partial charge in [0.05, 0.1) is 37.0 Å². The maximum absolute atomic E-state index is 10.4. The highest BCUT2D eigenvalue weighted by atomic mass is 16.4. The van der Waals surface area contributed by atoms with Gasteiger partial charge in [-0.2, -0.15) is 0 Å². The van der Waals surface area contributed by atoms with Crippen molar-refractivity contribution in [3.05, 3.63) is 0 Å². The Morgan fingerprint density at radius 3 is 2.73 bits per heavy atom. The summed E-state index contributed by atoms with van der Waals surface area (Å²) < 4.78 is 49.0. The van der Waals surface area contributed by atoms with Crippen molar-refractivity contribution in [3.63, 3.8) is 0 Å². The lowest BCUT2D eigenvalue weighted by molar-refractivity contribution is -0.873. The van der Waals surface area contributed by atoms with Crippen molar-refractivity contribution in [1.29, 1.82) is 0 Å². The van der Waals surface area contributed by atoms with E-state index in [9.17, 15) is 9.90 Å².